The molecule has 0 amide bonds. The molecule has 28 heavy (non-hydrogen) atoms. The summed E-state index contributed by atoms with van der Waals surface area (Å²) < 4.78 is 27.7. The summed E-state index contributed by atoms with van der Waals surface area (Å²) in [6, 6.07) is 8.41. The fraction of sp³-hybridized carbons (Fsp3) is 0.211. The molecule has 1 N–H and O–H groups in total. The van der Waals surface area contributed by atoms with Crippen LogP contribution in [0.25, 0.3) is 10.2 Å². The van der Waals surface area contributed by atoms with Crippen LogP contribution in [0.5, 0.6) is 0 Å². The van der Waals surface area contributed by atoms with Crippen molar-refractivity contribution in [3.63, 3.8) is 0 Å². The van der Waals surface area contributed by atoms with Crippen LogP contribution in [0.1, 0.15) is 17.0 Å². The van der Waals surface area contributed by atoms with Crippen molar-refractivity contribution in [2.45, 2.75) is 30.0 Å². The molecule has 0 saturated heterocycles. The zero-order valence-electron chi connectivity index (χ0n) is 14.6. The van der Waals surface area contributed by atoms with E-state index in [0.717, 1.165) is 33.5 Å². The standard InChI is InChI=1S/C19H14F2N2O2S3/c1-9-2-5-13-12(6-9)23(19(26)14(27-13)7-16(24)25)8-15-22-11-4-3-10(20)17(21)18(11)28-15/h2-6,14H,7-8H2,1H3,(H,24,25). The number of carbonyl (C=O) groups is 1. The third kappa shape index (κ3) is 3.49. The number of aryl methyl sites for hydroxylation is 1. The summed E-state index contributed by atoms with van der Waals surface area (Å²) in [7, 11) is 0. The van der Waals surface area contributed by atoms with Crippen LogP contribution in [0.15, 0.2) is 35.2 Å². The molecule has 4 nitrogen and oxygen atoms in total. The summed E-state index contributed by atoms with van der Waals surface area (Å²) in [6.45, 7) is 2.23. The minimum Gasteiger partial charge on any atom is -0.481 e. The lowest BCUT2D eigenvalue weighted by Gasteiger charge is -2.35. The summed E-state index contributed by atoms with van der Waals surface area (Å²) in [5, 5.41) is 9.42. The number of thiazole rings is 1. The first-order chi connectivity index (χ1) is 13.3. The fourth-order valence-electron chi connectivity index (χ4n) is 3.07. The third-order valence-corrected chi connectivity index (χ3v) is 7.34. The zero-order valence-corrected chi connectivity index (χ0v) is 17.1. The molecule has 0 aliphatic carbocycles. The Morgan fingerprint density at radius 2 is 2.11 bits per heavy atom. The first-order valence-corrected chi connectivity index (χ1v) is 10.5. The second kappa shape index (κ2) is 7.38. The van der Waals surface area contributed by atoms with E-state index in [4.69, 9.17) is 12.2 Å². The van der Waals surface area contributed by atoms with Crippen molar-refractivity contribution < 1.29 is 18.7 Å². The summed E-state index contributed by atoms with van der Waals surface area (Å²) in [5.41, 5.74) is 2.31. The molecule has 9 heteroatoms. The van der Waals surface area contributed by atoms with Gasteiger partial charge in [0.15, 0.2) is 11.6 Å². The van der Waals surface area contributed by atoms with Crippen molar-refractivity contribution in [2.75, 3.05) is 4.90 Å². The van der Waals surface area contributed by atoms with Crippen LogP contribution in [0.3, 0.4) is 0 Å². The number of anilines is 1. The number of rotatable bonds is 4. The molecule has 1 atom stereocenters. The lowest BCUT2D eigenvalue weighted by Crippen LogP contribution is -2.40. The second-order valence-corrected chi connectivity index (χ2v) is 9.16. The van der Waals surface area contributed by atoms with Gasteiger partial charge in [0.25, 0.3) is 0 Å². The Morgan fingerprint density at radius 3 is 2.86 bits per heavy atom. The van der Waals surface area contributed by atoms with Gasteiger partial charge in [0.05, 0.1) is 39.1 Å². The largest absolute Gasteiger partial charge is 0.481 e. The maximum atomic E-state index is 14.1. The predicted octanol–water partition coefficient (Wildman–Crippen LogP) is 5.17. The van der Waals surface area contributed by atoms with Crippen molar-refractivity contribution >= 4 is 62.2 Å². The molecule has 0 fully saturated rings. The van der Waals surface area contributed by atoms with Gasteiger partial charge in [-0.2, -0.15) is 0 Å². The first-order valence-electron chi connectivity index (χ1n) is 8.37. The Kier molecular flexibility index (Phi) is 5.07. The van der Waals surface area contributed by atoms with Gasteiger partial charge in [-0.3, -0.25) is 4.79 Å². The summed E-state index contributed by atoms with van der Waals surface area (Å²) in [6.07, 6.45) is -0.0903. The zero-order chi connectivity index (χ0) is 20.0. The maximum Gasteiger partial charge on any atom is 0.304 e. The van der Waals surface area contributed by atoms with Gasteiger partial charge in [-0.05, 0) is 36.8 Å². The maximum absolute atomic E-state index is 14.1. The van der Waals surface area contributed by atoms with Gasteiger partial charge < -0.3 is 10.0 Å². The van der Waals surface area contributed by atoms with Gasteiger partial charge in [0.2, 0.25) is 0 Å². The lowest BCUT2D eigenvalue weighted by atomic mass is 10.1. The monoisotopic (exact) mass is 436 g/mol. The molecule has 0 bridgehead atoms. The molecule has 0 spiro atoms. The van der Waals surface area contributed by atoms with E-state index in [9.17, 15) is 18.7 Å². The van der Waals surface area contributed by atoms with Crippen molar-refractivity contribution in [1.29, 1.82) is 0 Å². The Hall–Kier alpha value is -2.10. The molecule has 4 rings (SSSR count). The Bertz CT molecular complexity index is 1120. The van der Waals surface area contributed by atoms with E-state index in [1.807, 2.05) is 30.0 Å². The number of halogens is 2. The van der Waals surface area contributed by atoms with Crippen molar-refractivity contribution in [3.8, 4) is 0 Å². The van der Waals surface area contributed by atoms with Crippen LogP contribution in [-0.4, -0.2) is 26.3 Å². The Balaban J connectivity index is 1.74. The smallest absolute Gasteiger partial charge is 0.304 e. The molecule has 1 aliphatic rings. The van der Waals surface area contributed by atoms with Crippen LogP contribution in [0.4, 0.5) is 14.5 Å². The number of nitrogens with zero attached hydrogens (tertiary/aromatic N) is 2. The highest BCUT2D eigenvalue weighted by molar-refractivity contribution is 8.02. The van der Waals surface area contributed by atoms with Gasteiger partial charge in [-0.15, -0.1) is 23.1 Å². The minimum absolute atomic E-state index is 0.0903. The number of fused-ring (bicyclic) bond motifs is 2. The molecule has 2 aromatic carbocycles. The number of carboxylic acid groups (broad SMARTS) is 1. The number of carboxylic acids is 1. The molecule has 144 valence electrons. The van der Waals surface area contributed by atoms with Crippen LogP contribution in [0, 0.1) is 18.6 Å². The van der Waals surface area contributed by atoms with Crippen molar-refractivity contribution in [2.24, 2.45) is 0 Å². The second-order valence-electron chi connectivity index (χ2n) is 6.42. The SMILES string of the molecule is Cc1ccc2c(c1)N(Cc1nc3ccc(F)c(F)c3s1)C(=S)C(CC(=O)O)S2. The molecule has 1 unspecified atom stereocenters. The number of aromatic nitrogens is 1. The lowest BCUT2D eigenvalue weighted by molar-refractivity contribution is -0.136. The molecule has 0 radical (unpaired) electrons. The minimum atomic E-state index is -0.923. The highest BCUT2D eigenvalue weighted by atomic mass is 32.2. The molecule has 0 saturated carbocycles. The topological polar surface area (TPSA) is 53.4 Å². The average molecular weight is 437 g/mol. The molecule has 1 aromatic heterocycles. The summed E-state index contributed by atoms with van der Waals surface area (Å²) in [5.74, 6) is -2.74. The third-order valence-electron chi connectivity index (χ3n) is 4.36. The summed E-state index contributed by atoms with van der Waals surface area (Å²) in [4.78, 5) is 18.9. The van der Waals surface area contributed by atoms with Crippen LogP contribution >= 0.6 is 35.3 Å². The van der Waals surface area contributed by atoms with E-state index >= 15 is 0 Å². The number of aliphatic carboxylic acids is 1. The molecule has 2 heterocycles. The van der Waals surface area contributed by atoms with Crippen molar-refractivity contribution in [3.05, 3.63) is 52.5 Å². The summed E-state index contributed by atoms with van der Waals surface area (Å²) >= 11 is 8.11. The van der Waals surface area contributed by atoms with E-state index in [2.05, 4.69) is 4.98 Å². The Morgan fingerprint density at radius 1 is 1.32 bits per heavy atom. The molecule has 1 aliphatic heterocycles. The van der Waals surface area contributed by atoms with Gasteiger partial charge in [0, 0.05) is 4.90 Å². The van der Waals surface area contributed by atoms with E-state index in [1.165, 1.54) is 17.8 Å². The number of thioether (sulfide) groups is 1. The van der Waals surface area contributed by atoms with Crippen molar-refractivity contribution in [1.82, 2.24) is 4.98 Å². The highest BCUT2D eigenvalue weighted by Crippen LogP contribution is 2.42. The molecular formula is C19H14F2N2O2S3. The van der Waals surface area contributed by atoms with E-state index in [0.29, 0.717) is 15.5 Å². The Labute approximate surface area is 173 Å². The quantitative estimate of drug-likeness (QED) is 0.570. The average Bonchev–Trinajstić information content (AvgIpc) is 3.05. The number of benzene rings is 2. The number of hydrogen-bond acceptors (Lipinski definition) is 5. The van der Waals surface area contributed by atoms with Gasteiger partial charge >= 0.3 is 5.97 Å². The van der Waals surface area contributed by atoms with E-state index in [-0.39, 0.29) is 22.9 Å². The number of hydrogen-bond donors (Lipinski definition) is 1. The number of thiocarbonyl (C=S) groups is 1. The van der Waals surface area contributed by atoms with Gasteiger partial charge in [-0.25, -0.2) is 13.8 Å². The highest BCUT2D eigenvalue weighted by Gasteiger charge is 2.32. The normalized spacial score (nSPS) is 16.5. The van der Waals surface area contributed by atoms with Crippen LogP contribution in [-0.2, 0) is 11.3 Å². The predicted molar refractivity (Wildman–Crippen MR) is 111 cm³/mol. The molecular weight excluding hydrogens is 422 g/mol. The fourth-order valence-corrected chi connectivity index (χ4v) is 5.64. The van der Waals surface area contributed by atoms with Gasteiger partial charge in [-0.1, -0.05) is 18.3 Å². The van der Waals surface area contributed by atoms with Gasteiger partial charge in [0.1, 0.15) is 5.01 Å². The van der Waals surface area contributed by atoms with E-state index in [1.54, 1.807) is 0 Å². The van der Waals surface area contributed by atoms with E-state index < -0.39 is 17.6 Å². The van der Waals surface area contributed by atoms with Crippen LogP contribution in [0.2, 0.25) is 0 Å². The first kappa shape index (κ1) is 19.2. The van der Waals surface area contributed by atoms with Crippen LogP contribution < -0.4 is 4.90 Å². The molecule has 3 aromatic rings.